The fourth-order valence-electron chi connectivity index (χ4n) is 7.92. The average Bonchev–Trinajstić information content (AvgIpc) is 3.34. The number of carbonyl (C=O) groups excluding carboxylic acids is 4. The minimum Gasteiger partial charge on any atom is -0.512 e. The van der Waals surface area contributed by atoms with Crippen LogP contribution in [0.2, 0.25) is 26.2 Å². The second-order valence-corrected chi connectivity index (χ2v) is 26.2. The van der Waals surface area contributed by atoms with Crippen LogP contribution in [0.3, 0.4) is 0 Å². The molecule has 0 aliphatic heterocycles. The first-order chi connectivity index (χ1) is 31.2. The van der Waals surface area contributed by atoms with Crippen molar-refractivity contribution >= 4 is 82.3 Å². The number of aliphatic hydroxyl groups is 4. The molecule has 10 heteroatoms. The van der Waals surface area contributed by atoms with Crippen molar-refractivity contribution in [2.45, 2.75) is 133 Å². The number of benzene rings is 4. The number of carbonyl (C=O) groups is 4. The van der Waals surface area contributed by atoms with E-state index in [1.54, 1.807) is 27.7 Å². The summed E-state index contributed by atoms with van der Waals surface area (Å²) in [6.45, 7) is 23.6. The highest BCUT2D eigenvalue weighted by atomic mass is 28.3. The van der Waals surface area contributed by atoms with Gasteiger partial charge in [-0.25, -0.2) is 0 Å². The van der Waals surface area contributed by atoms with Crippen molar-refractivity contribution in [1.29, 1.82) is 0 Å². The minimum absolute atomic E-state index is 0.0602. The quantitative estimate of drug-likeness (QED) is 0.0389. The smallest absolute Gasteiger partial charge is 0.166 e. The molecule has 4 aromatic carbocycles. The second-order valence-electron chi connectivity index (χ2n) is 17.4. The van der Waals surface area contributed by atoms with Gasteiger partial charge in [0.1, 0.15) is 39.2 Å². The lowest BCUT2D eigenvalue weighted by molar-refractivity contribution is -0.114. The van der Waals surface area contributed by atoms with Gasteiger partial charge in [0.2, 0.25) is 0 Å². The number of rotatable bonds is 20. The molecule has 66 heavy (non-hydrogen) atoms. The van der Waals surface area contributed by atoms with E-state index >= 15 is 0 Å². The molecule has 0 aliphatic carbocycles. The van der Waals surface area contributed by atoms with Crippen molar-refractivity contribution in [2.75, 3.05) is 0 Å². The second kappa shape index (κ2) is 24.6. The van der Waals surface area contributed by atoms with E-state index in [1.165, 1.54) is 20.7 Å². The maximum atomic E-state index is 12.4. The third kappa shape index (κ3) is 12.7. The Morgan fingerprint density at radius 2 is 0.455 bits per heavy atom. The Kier molecular flexibility index (Phi) is 20.3. The summed E-state index contributed by atoms with van der Waals surface area (Å²) in [7, 11) is -4.08. The summed E-state index contributed by atoms with van der Waals surface area (Å²) < 4.78 is 0. The van der Waals surface area contributed by atoms with Gasteiger partial charge in [-0.1, -0.05) is 199 Å². The molecule has 0 saturated heterocycles. The van der Waals surface area contributed by atoms with E-state index in [4.69, 9.17) is 0 Å². The predicted octanol–water partition coefficient (Wildman–Crippen LogP) is 11.7. The number of hydrogen-bond donors (Lipinski definition) is 4. The molecule has 0 aliphatic rings. The van der Waals surface area contributed by atoms with Gasteiger partial charge in [-0.15, -0.1) is 0 Å². The fraction of sp³-hybridized carbons (Fsp3) is 0.357. The molecule has 0 spiro atoms. The van der Waals surface area contributed by atoms with Gasteiger partial charge in [-0.2, -0.15) is 0 Å². The van der Waals surface area contributed by atoms with Crippen molar-refractivity contribution in [1.82, 2.24) is 0 Å². The molecule has 0 bridgehead atoms. The first-order valence-electron chi connectivity index (χ1n) is 23.5. The summed E-state index contributed by atoms with van der Waals surface area (Å²) in [5.74, 6) is 0.269. The lowest BCUT2D eigenvalue weighted by atomic mass is 9.98. The zero-order valence-electron chi connectivity index (χ0n) is 41.3. The van der Waals surface area contributed by atoms with Crippen molar-refractivity contribution in [3.05, 3.63) is 142 Å². The minimum atomic E-state index is -2.04. The molecule has 8 nitrogen and oxygen atoms in total. The monoisotopic (exact) mass is 928 g/mol. The number of aliphatic hydroxyl groups excluding tert-OH is 4. The molecule has 0 aromatic heterocycles. The summed E-state index contributed by atoms with van der Waals surface area (Å²) in [6, 6.07) is 31.8. The molecule has 0 heterocycles. The van der Waals surface area contributed by atoms with Gasteiger partial charge >= 0.3 is 0 Å². The van der Waals surface area contributed by atoms with Crippen LogP contribution in [0.5, 0.6) is 0 Å². The summed E-state index contributed by atoms with van der Waals surface area (Å²) in [5, 5.41) is 46.0. The van der Waals surface area contributed by atoms with Gasteiger partial charge < -0.3 is 20.4 Å². The molecular formula is C56H72O8Si2. The summed E-state index contributed by atoms with van der Waals surface area (Å²) >= 11 is 0. The van der Waals surface area contributed by atoms with E-state index in [0.29, 0.717) is 73.7 Å². The van der Waals surface area contributed by atoms with Crippen molar-refractivity contribution in [3.8, 4) is 0 Å². The first-order valence-corrected chi connectivity index (χ1v) is 29.5. The lowest BCUT2D eigenvalue weighted by Gasteiger charge is -2.24. The van der Waals surface area contributed by atoms with Crippen LogP contribution in [0.4, 0.5) is 0 Å². The van der Waals surface area contributed by atoms with Gasteiger partial charge in [0, 0.05) is 51.4 Å². The van der Waals surface area contributed by atoms with Crippen LogP contribution in [0, 0.1) is 0 Å². The van der Waals surface area contributed by atoms with Crippen LogP contribution in [-0.4, -0.2) is 59.7 Å². The molecule has 0 fully saturated rings. The Morgan fingerprint density at radius 1 is 0.303 bits per heavy atom. The Labute approximate surface area is 395 Å². The van der Waals surface area contributed by atoms with E-state index in [2.05, 4.69) is 74.7 Å². The molecule has 0 atom stereocenters. The highest BCUT2D eigenvalue weighted by Crippen LogP contribution is 2.26. The van der Waals surface area contributed by atoms with Crippen LogP contribution in [-0.2, 0) is 19.2 Å². The molecule has 4 aromatic rings. The van der Waals surface area contributed by atoms with Gasteiger partial charge in [-0.05, 0) is 22.3 Å². The van der Waals surface area contributed by atoms with Crippen LogP contribution < -0.4 is 20.7 Å². The maximum Gasteiger partial charge on any atom is 0.166 e. The normalized spacial score (nSPS) is 13.3. The molecule has 0 saturated carbocycles. The third-order valence-electron chi connectivity index (χ3n) is 12.5. The van der Waals surface area contributed by atoms with E-state index in [-0.39, 0.29) is 46.2 Å². The third-order valence-corrected chi connectivity index (χ3v) is 19.6. The standard InChI is InChI=1S/2C28H36O4Si/c2*1-7-23(29)27(24(30)8-2)19-11-15-21(16-12-19)33(5,6)22-17-13-20(14-18-22)28(25(31)9-3)26(32)10-4/h2*11-18,29,31H,7-10H2,1-6H3/b2*27-23-,28-25-. The molecule has 4 rings (SSSR count). The van der Waals surface area contributed by atoms with Crippen LogP contribution in [0.15, 0.2) is 120 Å². The largest absolute Gasteiger partial charge is 0.512 e. The topological polar surface area (TPSA) is 149 Å². The zero-order valence-corrected chi connectivity index (χ0v) is 43.3. The van der Waals surface area contributed by atoms with Gasteiger partial charge in [-0.3, -0.25) is 19.2 Å². The fourth-order valence-corrected chi connectivity index (χ4v) is 12.6. The lowest BCUT2D eigenvalue weighted by Crippen LogP contribution is -2.52. The van der Waals surface area contributed by atoms with Crippen molar-refractivity contribution in [3.63, 3.8) is 0 Å². The molecule has 0 amide bonds. The Bertz CT molecular complexity index is 2120. The summed E-state index contributed by atoms with van der Waals surface area (Å²) in [5.41, 5.74) is 4.61. The number of hydrogen-bond acceptors (Lipinski definition) is 8. The van der Waals surface area contributed by atoms with Crippen LogP contribution in [0.1, 0.15) is 129 Å². The number of ketones is 4. The Hall–Kier alpha value is -5.85. The van der Waals surface area contributed by atoms with Gasteiger partial charge in [0.05, 0.1) is 22.3 Å². The van der Waals surface area contributed by atoms with E-state index in [9.17, 15) is 39.6 Å². The number of allylic oxidation sites excluding steroid dienone is 8. The molecule has 0 unspecified atom stereocenters. The van der Waals surface area contributed by atoms with E-state index in [0.717, 1.165) is 22.3 Å². The van der Waals surface area contributed by atoms with E-state index in [1.807, 2.05) is 76.2 Å². The van der Waals surface area contributed by atoms with Crippen molar-refractivity contribution < 1.29 is 39.6 Å². The highest BCUT2D eigenvalue weighted by molar-refractivity contribution is 7.01. The van der Waals surface area contributed by atoms with E-state index < -0.39 is 16.1 Å². The highest BCUT2D eigenvalue weighted by Gasteiger charge is 2.29. The Morgan fingerprint density at radius 3 is 0.576 bits per heavy atom. The first kappa shape index (κ1) is 54.5. The van der Waals surface area contributed by atoms with Gasteiger partial charge in [0.25, 0.3) is 0 Å². The molecular weight excluding hydrogens is 857 g/mol. The number of Topliss-reactive ketones (excluding diaryl/α,β-unsaturated/α-hetero) is 4. The maximum absolute atomic E-state index is 12.4. The molecule has 352 valence electrons. The van der Waals surface area contributed by atoms with Crippen LogP contribution >= 0.6 is 0 Å². The zero-order chi connectivity index (χ0) is 49.5. The summed E-state index contributed by atoms with van der Waals surface area (Å²) in [4.78, 5) is 49.6. The average molecular weight is 929 g/mol. The van der Waals surface area contributed by atoms with Gasteiger partial charge in [0.15, 0.2) is 23.1 Å². The predicted molar refractivity (Wildman–Crippen MR) is 280 cm³/mol. The molecule has 4 N–H and O–H groups in total. The van der Waals surface area contributed by atoms with Crippen molar-refractivity contribution in [2.24, 2.45) is 0 Å². The summed E-state index contributed by atoms with van der Waals surface area (Å²) in [6.07, 6.45) is 3.05. The Balaban J connectivity index is 0.000000350. The van der Waals surface area contributed by atoms with Crippen LogP contribution in [0.25, 0.3) is 22.3 Å². The molecule has 0 radical (unpaired) electrons. The SMILES string of the molecule is CCC(=O)/C(=C(\O)CC)c1ccc([Si](C)(C)c2ccc(/C(C(=O)CC)=C(/O)CC)cc2)cc1.CCC(=O)/C(=C(\O)CC)c1ccc([Si](C)(C)c2ccc(/C(C(=O)CC)=C(/O)CC)cc2)cc1.